The van der Waals surface area contributed by atoms with Gasteiger partial charge in [0.1, 0.15) is 43.4 Å². The second-order valence-corrected chi connectivity index (χ2v) is 12.1. The topological polar surface area (TPSA) is 204 Å². The summed E-state index contributed by atoms with van der Waals surface area (Å²) < 4.78 is 31.7. The lowest BCUT2D eigenvalue weighted by molar-refractivity contribution is -0.236. The average Bonchev–Trinajstić information content (AvgIpc) is 2.95. The molecular formula is C27H54NO12P. The molecule has 1 aliphatic heterocycles. The monoisotopic (exact) mass is 615 g/mol. The Labute approximate surface area is 244 Å². The van der Waals surface area contributed by atoms with E-state index in [4.69, 9.17) is 18.5 Å². The number of phosphoric ester groups is 1. The Balaban J connectivity index is 2.03. The standard InChI is InChI=1S/C27H54NO12P/c1-2-3-4-5-6-7-8-9-10-11-12-13-14-15-23(31)37-19-21(30)20-39-41(35,36)38-17-16-28-27-26(34)25(33)24(32)22(18-29)40-27/h21-22,24-30,32-34H,2-20H2,1H3,(H,35,36). The highest BCUT2D eigenvalue weighted by atomic mass is 31.2. The van der Waals surface area contributed by atoms with Crippen molar-refractivity contribution in [2.24, 2.45) is 0 Å². The summed E-state index contributed by atoms with van der Waals surface area (Å²) in [5.74, 6) is -0.449. The number of carbonyl (C=O) groups excluding carboxylic acids is 1. The summed E-state index contributed by atoms with van der Waals surface area (Å²) in [6, 6.07) is 0. The van der Waals surface area contributed by atoms with Crippen molar-refractivity contribution in [3.05, 3.63) is 0 Å². The molecule has 41 heavy (non-hydrogen) atoms. The Morgan fingerprint density at radius 3 is 1.98 bits per heavy atom. The molecule has 0 aromatic rings. The van der Waals surface area contributed by atoms with Crippen LogP contribution in [0.3, 0.4) is 0 Å². The number of phosphoric acid groups is 1. The van der Waals surface area contributed by atoms with Gasteiger partial charge in [-0.2, -0.15) is 0 Å². The molecule has 1 heterocycles. The zero-order valence-electron chi connectivity index (χ0n) is 24.5. The summed E-state index contributed by atoms with van der Waals surface area (Å²) >= 11 is 0. The van der Waals surface area contributed by atoms with Gasteiger partial charge in [-0.15, -0.1) is 0 Å². The molecule has 7 atom stereocenters. The summed E-state index contributed by atoms with van der Waals surface area (Å²) in [5, 5.41) is 51.2. The molecule has 0 saturated carbocycles. The normalized spacial score (nSPS) is 25.1. The van der Waals surface area contributed by atoms with Crippen LogP contribution in [0.5, 0.6) is 0 Å². The van der Waals surface area contributed by atoms with Crippen molar-refractivity contribution in [2.45, 2.75) is 134 Å². The van der Waals surface area contributed by atoms with Crippen LogP contribution in [0.15, 0.2) is 0 Å². The fraction of sp³-hybridized carbons (Fsp3) is 0.963. The second-order valence-electron chi connectivity index (χ2n) is 10.6. The van der Waals surface area contributed by atoms with E-state index in [0.29, 0.717) is 6.42 Å². The number of unbranched alkanes of at least 4 members (excludes halogenated alkanes) is 12. The first kappa shape index (κ1) is 38.3. The molecule has 7 N–H and O–H groups in total. The third kappa shape index (κ3) is 17.9. The predicted octanol–water partition coefficient (Wildman–Crippen LogP) is 1.89. The quantitative estimate of drug-likeness (QED) is 0.0446. The molecule has 7 unspecified atom stereocenters. The van der Waals surface area contributed by atoms with E-state index >= 15 is 0 Å². The van der Waals surface area contributed by atoms with Gasteiger partial charge in [0.25, 0.3) is 0 Å². The number of esters is 1. The third-order valence-electron chi connectivity index (χ3n) is 6.95. The van der Waals surface area contributed by atoms with Gasteiger partial charge in [-0.25, -0.2) is 4.57 Å². The Bertz CT molecular complexity index is 716. The second kappa shape index (κ2) is 22.8. The van der Waals surface area contributed by atoms with Crippen LogP contribution in [0.25, 0.3) is 0 Å². The fourth-order valence-corrected chi connectivity index (χ4v) is 5.20. The Morgan fingerprint density at radius 1 is 0.854 bits per heavy atom. The largest absolute Gasteiger partial charge is 0.472 e. The van der Waals surface area contributed by atoms with Gasteiger partial charge in [0.15, 0.2) is 0 Å². The molecular weight excluding hydrogens is 561 g/mol. The Morgan fingerprint density at radius 2 is 1.41 bits per heavy atom. The maximum Gasteiger partial charge on any atom is 0.472 e. The van der Waals surface area contributed by atoms with Crippen molar-refractivity contribution in [3.8, 4) is 0 Å². The number of aliphatic hydroxyl groups is 5. The molecule has 0 aromatic carbocycles. The van der Waals surface area contributed by atoms with Gasteiger partial charge < -0.3 is 39.9 Å². The zero-order chi connectivity index (χ0) is 30.5. The molecule has 1 fully saturated rings. The van der Waals surface area contributed by atoms with Gasteiger partial charge >= 0.3 is 13.8 Å². The highest BCUT2D eigenvalue weighted by Gasteiger charge is 2.43. The van der Waals surface area contributed by atoms with Crippen LogP contribution in [-0.4, -0.2) is 106 Å². The van der Waals surface area contributed by atoms with Crippen LogP contribution in [0.1, 0.15) is 96.8 Å². The van der Waals surface area contributed by atoms with Crippen LogP contribution >= 0.6 is 7.82 Å². The van der Waals surface area contributed by atoms with Gasteiger partial charge in [0, 0.05) is 13.0 Å². The molecule has 0 bridgehead atoms. The van der Waals surface area contributed by atoms with Gasteiger partial charge in [0.05, 0.1) is 19.8 Å². The Hall–Kier alpha value is -0.700. The van der Waals surface area contributed by atoms with E-state index in [9.17, 15) is 39.8 Å². The van der Waals surface area contributed by atoms with Gasteiger partial charge in [-0.3, -0.25) is 19.2 Å². The van der Waals surface area contributed by atoms with Crippen molar-refractivity contribution in [1.29, 1.82) is 0 Å². The molecule has 1 aliphatic rings. The minimum absolute atomic E-state index is 0.115. The van der Waals surface area contributed by atoms with Crippen LogP contribution in [-0.2, 0) is 27.9 Å². The van der Waals surface area contributed by atoms with E-state index < -0.39 is 63.8 Å². The van der Waals surface area contributed by atoms with Gasteiger partial charge in [-0.1, -0.05) is 84.0 Å². The van der Waals surface area contributed by atoms with Gasteiger partial charge in [0.2, 0.25) is 0 Å². The summed E-state index contributed by atoms with van der Waals surface area (Å²) in [5.41, 5.74) is 0. The Kier molecular flexibility index (Phi) is 21.3. The summed E-state index contributed by atoms with van der Waals surface area (Å²) in [6.45, 7) is 0.183. The first-order valence-electron chi connectivity index (χ1n) is 15.1. The highest BCUT2D eigenvalue weighted by molar-refractivity contribution is 7.47. The van der Waals surface area contributed by atoms with Crippen molar-refractivity contribution < 1.29 is 58.3 Å². The molecule has 1 saturated heterocycles. The maximum atomic E-state index is 12.0. The molecule has 0 radical (unpaired) electrons. The van der Waals surface area contributed by atoms with E-state index in [1.54, 1.807) is 0 Å². The molecule has 14 heteroatoms. The maximum absolute atomic E-state index is 12.0. The van der Waals surface area contributed by atoms with E-state index in [1.807, 2.05) is 0 Å². The van der Waals surface area contributed by atoms with Crippen molar-refractivity contribution >= 4 is 13.8 Å². The van der Waals surface area contributed by atoms with E-state index in [-0.39, 0.29) is 26.2 Å². The predicted molar refractivity (Wildman–Crippen MR) is 151 cm³/mol. The molecule has 0 spiro atoms. The van der Waals surface area contributed by atoms with Crippen LogP contribution in [0.4, 0.5) is 0 Å². The number of ether oxygens (including phenoxy) is 2. The smallest absolute Gasteiger partial charge is 0.463 e. The van der Waals surface area contributed by atoms with Crippen LogP contribution in [0.2, 0.25) is 0 Å². The van der Waals surface area contributed by atoms with Crippen LogP contribution < -0.4 is 5.32 Å². The first-order chi connectivity index (χ1) is 19.6. The molecule has 0 aromatic heterocycles. The molecule has 244 valence electrons. The number of rotatable bonds is 25. The SMILES string of the molecule is CCCCCCCCCCCCCCCC(=O)OCC(O)COP(=O)(O)OCCNC1OC(CO)C(O)C(O)C1O. The molecule has 0 aliphatic carbocycles. The number of hydrogen-bond acceptors (Lipinski definition) is 12. The van der Waals surface area contributed by atoms with Crippen molar-refractivity contribution in [1.82, 2.24) is 5.32 Å². The molecule has 13 nitrogen and oxygen atoms in total. The average molecular weight is 616 g/mol. The van der Waals surface area contributed by atoms with Gasteiger partial charge in [-0.05, 0) is 6.42 Å². The van der Waals surface area contributed by atoms with Crippen LogP contribution in [0, 0.1) is 0 Å². The zero-order valence-corrected chi connectivity index (χ0v) is 25.4. The van der Waals surface area contributed by atoms with E-state index in [1.165, 1.54) is 57.8 Å². The third-order valence-corrected chi connectivity index (χ3v) is 7.93. The molecule has 0 amide bonds. The summed E-state index contributed by atoms with van der Waals surface area (Å²) in [6.07, 6.45) is 7.75. The number of carbonyl (C=O) groups is 1. The number of nitrogens with one attached hydrogen (secondary N) is 1. The lowest BCUT2D eigenvalue weighted by atomic mass is 9.98. The minimum Gasteiger partial charge on any atom is -0.463 e. The summed E-state index contributed by atoms with van der Waals surface area (Å²) in [7, 11) is -4.54. The molecule has 1 rings (SSSR count). The van der Waals surface area contributed by atoms with Crippen molar-refractivity contribution in [3.63, 3.8) is 0 Å². The van der Waals surface area contributed by atoms with E-state index in [2.05, 4.69) is 12.2 Å². The lowest BCUT2D eigenvalue weighted by Crippen LogP contribution is -2.62. The first-order valence-corrected chi connectivity index (χ1v) is 16.6. The lowest BCUT2D eigenvalue weighted by Gasteiger charge is -2.40. The minimum atomic E-state index is -4.54. The van der Waals surface area contributed by atoms with Crippen molar-refractivity contribution in [2.75, 3.05) is 33.0 Å². The highest BCUT2D eigenvalue weighted by Crippen LogP contribution is 2.42. The fourth-order valence-electron chi connectivity index (χ4n) is 4.45. The number of aliphatic hydroxyl groups excluding tert-OH is 5. The number of hydrogen-bond donors (Lipinski definition) is 7. The van der Waals surface area contributed by atoms with E-state index in [0.717, 1.165) is 19.3 Å². The summed E-state index contributed by atoms with van der Waals surface area (Å²) in [4.78, 5) is 21.6.